The number of hydrogen-bond donors (Lipinski definition) is 1. The molecule has 0 aliphatic rings. The quantitative estimate of drug-likeness (QED) is 0.914. The number of aliphatic hydroxyl groups is 1. The molecule has 0 aliphatic carbocycles. The number of benzene rings is 2. The summed E-state index contributed by atoms with van der Waals surface area (Å²) in [5, 5.41) is 10.5. The van der Waals surface area contributed by atoms with E-state index in [1.807, 2.05) is 36.2 Å². The van der Waals surface area contributed by atoms with E-state index < -0.39 is 6.10 Å². The molecule has 0 amide bonds. The molecule has 0 fully saturated rings. The summed E-state index contributed by atoms with van der Waals surface area (Å²) in [6.07, 6.45) is -0.720. The van der Waals surface area contributed by atoms with Crippen molar-refractivity contribution in [3.05, 3.63) is 64.4 Å². The van der Waals surface area contributed by atoms with Gasteiger partial charge in [0.25, 0.3) is 0 Å². The van der Waals surface area contributed by atoms with Gasteiger partial charge in [-0.15, -0.1) is 0 Å². The van der Waals surface area contributed by atoms with Crippen LogP contribution in [0.3, 0.4) is 0 Å². The molecule has 2 aromatic carbocycles. The summed E-state index contributed by atoms with van der Waals surface area (Å²) in [4.78, 5) is 1.97. The van der Waals surface area contributed by atoms with Crippen LogP contribution in [-0.2, 0) is 6.54 Å². The van der Waals surface area contributed by atoms with Crippen molar-refractivity contribution in [1.82, 2.24) is 0 Å². The molecule has 0 radical (unpaired) electrons. The number of halogens is 2. The summed E-state index contributed by atoms with van der Waals surface area (Å²) in [6, 6.07) is 12.0. The molecule has 0 aromatic heterocycles. The van der Waals surface area contributed by atoms with Crippen molar-refractivity contribution >= 4 is 17.3 Å². The van der Waals surface area contributed by atoms with Gasteiger partial charge in [-0.25, -0.2) is 4.39 Å². The van der Waals surface area contributed by atoms with E-state index in [0.717, 1.165) is 11.3 Å². The van der Waals surface area contributed by atoms with Gasteiger partial charge in [0.2, 0.25) is 0 Å². The Hall–Kier alpha value is -1.58. The first kappa shape index (κ1) is 14.8. The molecule has 0 spiro atoms. The van der Waals surface area contributed by atoms with E-state index in [1.165, 1.54) is 12.1 Å². The zero-order valence-electron chi connectivity index (χ0n) is 11.5. The van der Waals surface area contributed by atoms with Crippen LogP contribution in [0.15, 0.2) is 42.5 Å². The molecule has 20 heavy (non-hydrogen) atoms. The van der Waals surface area contributed by atoms with Crippen molar-refractivity contribution in [3.8, 4) is 0 Å². The van der Waals surface area contributed by atoms with Crippen molar-refractivity contribution in [1.29, 1.82) is 0 Å². The van der Waals surface area contributed by atoms with Crippen LogP contribution in [0.5, 0.6) is 0 Å². The summed E-state index contributed by atoms with van der Waals surface area (Å²) >= 11 is 5.97. The van der Waals surface area contributed by atoms with Crippen molar-refractivity contribution in [3.63, 3.8) is 0 Å². The predicted molar refractivity (Wildman–Crippen MR) is 80.6 cm³/mol. The molecule has 106 valence electrons. The molecule has 0 bridgehead atoms. The summed E-state index contributed by atoms with van der Waals surface area (Å²) in [5.41, 5.74) is 2.44. The second-order valence-corrected chi connectivity index (χ2v) is 5.30. The average molecular weight is 294 g/mol. The third kappa shape index (κ3) is 3.50. The van der Waals surface area contributed by atoms with Gasteiger partial charge in [-0.3, -0.25) is 0 Å². The van der Waals surface area contributed by atoms with Gasteiger partial charge in [0, 0.05) is 29.9 Å². The molecule has 0 aliphatic heterocycles. The molecule has 1 atom stereocenters. The highest BCUT2D eigenvalue weighted by Gasteiger charge is 2.13. The predicted octanol–water partition coefficient (Wildman–Crippen LogP) is 4.17. The third-order valence-corrected chi connectivity index (χ3v) is 3.39. The van der Waals surface area contributed by atoms with Crippen LogP contribution in [0.4, 0.5) is 10.1 Å². The van der Waals surface area contributed by atoms with Gasteiger partial charge in [0.15, 0.2) is 0 Å². The smallest absolute Gasteiger partial charge is 0.123 e. The van der Waals surface area contributed by atoms with E-state index in [0.29, 0.717) is 17.1 Å². The van der Waals surface area contributed by atoms with Crippen LogP contribution in [0, 0.1) is 5.82 Å². The minimum atomic E-state index is -0.720. The Morgan fingerprint density at radius 1 is 1.25 bits per heavy atom. The Kier molecular flexibility index (Phi) is 4.63. The largest absolute Gasteiger partial charge is 0.389 e. The standard InChI is InChI=1S/C16H17ClFNO/c1-11(20)15-9-14(18)6-7-16(15)19(2)10-12-4-3-5-13(17)8-12/h3-9,11,20H,10H2,1-2H3/t11-/m1/s1. The summed E-state index contributed by atoms with van der Waals surface area (Å²) < 4.78 is 13.3. The Balaban J connectivity index is 2.27. The minimum Gasteiger partial charge on any atom is -0.389 e. The van der Waals surface area contributed by atoms with Gasteiger partial charge >= 0.3 is 0 Å². The van der Waals surface area contributed by atoms with E-state index >= 15 is 0 Å². The van der Waals surface area contributed by atoms with E-state index in [4.69, 9.17) is 11.6 Å². The lowest BCUT2D eigenvalue weighted by Crippen LogP contribution is -2.18. The average Bonchev–Trinajstić information content (AvgIpc) is 2.38. The van der Waals surface area contributed by atoms with Gasteiger partial charge in [0.1, 0.15) is 5.82 Å². The lowest BCUT2D eigenvalue weighted by molar-refractivity contribution is 0.199. The Bertz CT molecular complexity index is 601. The molecule has 2 nitrogen and oxygen atoms in total. The van der Waals surface area contributed by atoms with Crippen LogP contribution in [0.2, 0.25) is 5.02 Å². The highest BCUT2D eigenvalue weighted by atomic mass is 35.5. The molecule has 0 saturated carbocycles. The second kappa shape index (κ2) is 6.25. The fourth-order valence-corrected chi connectivity index (χ4v) is 2.41. The molecule has 2 aromatic rings. The Morgan fingerprint density at radius 3 is 2.65 bits per heavy atom. The Labute approximate surface area is 123 Å². The van der Waals surface area contributed by atoms with Gasteiger partial charge < -0.3 is 10.0 Å². The van der Waals surface area contributed by atoms with E-state index in [-0.39, 0.29) is 5.82 Å². The Morgan fingerprint density at radius 2 is 2.00 bits per heavy atom. The first-order chi connectivity index (χ1) is 9.47. The molecular formula is C16H17ClFNO. The van der Waals surface area contributed by atoms with E-state index in [2.05, 4.69) is 0 Å². The van der Waals surface area contributed by atoms with Gasteiger partial charge in [-0.2, -0.15) is 0 Å². The van der Waals surface area contributed by atoms with Crippen LogP contribution in [-0.4, -0.2) is 12.2 Å². The van der Waals surface area contributed by atoms with Crippen LogP contribution >= 0.6 is 11.6 Å². The van der Waals surface area contributed by atoms with Crippen LogP contribution in [0.25, 0.3) is 0 Å². The van der Waals surface area contributed by atoms with Crippen molar-refractivity contribution < 1.29 is 9.50 Å². The van der Waals surface area contributed by atoms with Crippen LogP contribution in [0.1, 0.15) is 24.2 Å². The fraction of sp³-hybridized carbons (Fsp3) is 0.250. The van der Waals surface area contributed by atoms with Crippen LogP contribution < -0.4 is 4.90 Å². The lowest BCUT2D eigenvalue weighted by Gasteiger charge is -2.24. The molecule has 2 rings (SSSR count). The second-order valence-electron chi connectivity index (χ2n) is 4.87. The highest BCUT2D eigenvalue weighted by molar-refractivity contribution is 6.30. The van der Waals surface area contributed by atoms with Crippen molar-refractivity contribution in [2.24, 2.45) is 0 Å². The molecule has 1 N–H and O–H groups in total. The summed E-state index contributed by atoms with van der Waals surface area (Å²) in [7, 11) is 1.90. The maximum atomic E-state index is 13.3. The zero-order valence-corrected chi connectivity index (χ0v) is 12.2. The fourth-order valence-electron chi connectivity index (χ4n) is 2.20. The first-order valence-electron chi connectivity index (χ1n) is 6.40. The molecule has 4 heteroatoms. The third-order valence-electron chi connectivity index (χ3n) is 3.16. The number of anilines is 1. The van der Waals surface area contributed by atoms with Crippen molar-refractivity contribution in [2.45, 2.75) is 19.6 Å². The maximum absolute atomic E-state index is 13.3. The van der Waals surface area contributed by atoms with E-state index in [9.17, 15) is 9.50 Å². The number of rotatable bonds is 4. The van der Waals surface area contributed by atoms with E-state index in [1.54, 1.807) is 13.0 Å². The topological polar surface area (TPSA) is 23.5 Å². The maximum Gasteiger partial charge on any atom is 0.123 e. The molecule has 0 unspecified atom stereocenters. The molecule has 0 heterocycles. The number of nitrogens with zero attached hydrogens (tertiary/aromatic N) is 1. The SMILES string of the molecule is C[C@@H](O)c1cc(F)ccc1N(C)Cc1cccc(Cl)c1. The number of aliphatic hydroxyl groups excluding tert-OH is 1. The highest BCUT2D eigenvalue weighted by Crippen LogP contribution is 2.27. The van der Waals surface area contributed by atoms with Gasteiger partial charge in [-0.05, 0) is 42.8 Å². The number of hydrogen-bond acceptors (Lipinski definition) is 2. The van der Waals surface area contributed by atoms with Gasteiger partial charge in [-0.1, -0.05) is 23.7 Å². The lowest BCUT2D eigenvalue weighted by atomic mass is 10.1. The van der Waals surface area contributed by atoms with Crippen molar-refractivity contribution in [2.75, 3.05) is 11.9 Å². The summed E-state index contributed by atoms with van der Waals surface area (Å²) in [5.74, 6) is -0.346. The summed E-state index contributed by atoms with van der Waals surface area (Å²) in [6.45, 7) is 2.26. The first-order valence-corrected chi connectivity index (χ1v) is 6.78. The molecule has 0 saturated heterocycles. The molecular weight excluding hydrogens is 277 g/mol. The minimum absolute atomic E-state index is 0.346. The van der Waals surface area contributed by atoms with Gasteiger partial charge in [0.05, 0.1) is 6.10 Å². The zero-order chi connectivity index (χ0) is 14.7. The normalized spacial score (nSPS) is 12.2. The monoisotopic (exact) mass is 293 g/mol.